The summed E-state index contributed by atoms with van der Waals surface area (Å²) in [6, 6.07) is 25.6. The maximum absolute atomic E-state index is 12.5. The molecule has 0 saturated carbocycles. The molecule has 1 N–H and O–H groups in total. The van der Waals surface area contributed by atoms with Crippen molar-refractivity contribution in [1.29, 1.82) is 0 Å². The first-order valence-electron chi connectivity index (χ1n) is 9.68. The van der Waals surface area contributed by atoms with Gasteiger partial charge in [0.2, 0.25) is 0 Å². The minimum Gasteiger partial charge on any atom is -0.495 e. The molecule has 150 valence electrons. The number of carbonyl (C=O) groups is 1. The SMILES string of the molecule is COc1ccccc1NC(=O)C(C)Oc1ccc(C(C)(C)c2ccccc2)cc1. The van der Waals surface area contributed by atoms with Crippen LogP contribution in [-0.4, -0.2) is 19.1 Å². The van der Waals surface area contributed by atoms with Gasteiger partial charge in [0.15, 0.2) is 6.10 Å². The highest BCUT2D eigenvalue weighted by Gasteiger charge is 2.23. The van der Waals surface area contributed by atoms with Crippen LogP contribution >= 0.6 is 0 Å². The second kappa shape index (κ2) is 8.82. The van der Waals surface area contributed by atoms with Crippen molar-refractivity contribution in [2.45, 2.75) is 32.3 Å². The predicted octanol–water partition coefficient (Wildman–Crippen LogP) is 5.43. The molecule has 3 aromatic rings. The Bertz CT molecular complexity index is 949. The van der Waals surface area contributed by atoms with Crippen LogP contribution < -0.4 is 14.8 Å². The summed E-state index contributed by atoms with van der Waals surface area (Å²) in [6.45, 7) is 6.12. The van der Waals surface area contributed by atoms with E-state index in [4.69, 9.17) is 9.47 Å². The van der Waals surface area contributed by atoms with Gasteiger partial charge in [-0.15, -0.1) is 0 Å². The Kier molecular flexibility index (Phi) is 6.23. The van der Waals surface area contributed by atoms with Crippen LogP contribution in [0.3, 0.4) is 0 Å². The van der Waals surface area contributed by atoms with Crippen LogP contribution in [0, 0.1) is 0 Å². The molecule has 0 aliphatic rings. The molecule has 1 unspecified atom stereocenters. The third-order valence-corrected chi connectivity index (χ3v) is 5.12. The van der Waals surface area contributed by atoms with Crippen molar-refractivity contribution in [1.82, 2.24) is 0 Å². The smallest absolute Gasteiger partial charge is 0.265 e. The van der Waals surface area contributed by atoms with E-state index in [9.17, 15) is 4.79 Å². The highest BCUT2D eigenvalue weighted by atomic mass is 16.5. The van der Waals surface area contributed by atoms with Gasteiger partial charge in [0.05, 0.1) is 12.8 Å². The van der Waals surface area contributed by atoms with E-state index in [2.05, 4.69) is 43.4 Å². The lowest BCUT2D eigenvalue weighted by Gasteiger charge is -2.26. The molecule has 29 heavy (non-hydrogen) atoms. The Morgan fingerprint density at radius 1 is 0.862 bits per heavy atom. The van der Waals surface area contributed by atoms with E-state index in [1.807, 2.05) is 42.5 Å². The number of ether oxygens (including phenoxy) is 2. The topological polar surface area (TPSA) is 47.6 Å². The lowest BCUT2D eigenvalue weighted by atomic mass is 9.78. The largest absolute Gasteiger partial charge is 0.495 e. The quantitative estimate of drug-likeness (QED) is 0.586. The molecule has 3 aromatic carbocycles. The number of carbonyl (C=O) groups excluding carboxylic acids is 1. The van der Waals surface area contributed by atoms with Crippen molar-refractivity contribution >= 4 is 11.6 Å². The van der Waals surface area contributed by atoms with Crippen molar-refractivity contribution in [2.75, 3.05) is 12.4 Å². The zero-order valence-electron chi connectivity index (χ0n) is 17.3. The molecule has 0 bridgehead atoms. The van der Waals surface area contributed by atoms with Gasteiger partial charge in [-0.2, -0.15) is 0 Å². The van der Waals surface area contributed by atoms with Crippen LogP contribution in [0.1, 0.15) is 31.9 Å². The fraction of sp³-hybridized carbons (Fsp3) is 0.240. The summed E-state index contributed by atoms with van der Waals surface area (Å²) in [5.41, 5.74) is 2.93. The number of hydrogen-bond donors (Lipinski definition) is 1. The number of hydrogen-bond acceptors (Lipinski definition) is 3. The highest BCUT2D eigenvalue weighted by molar-refractivity contribution is 5.95. The van der Waals surface area contributed by atoms with Crippen molar-refractivity contribution in [3.63, 3.8) is 0 Å². The van der Waals surface area contributed by atoms with Crippen molar-refractivity contribution < 1.29 is 14.3 Å². The molecule has 3 rings (SSSR count). The molecule has 4 heteroatoms. The normalized spacial score (nSPS) is 12.1. The Hall–Kier alpha value is -3.27. The first-order valence-corrected chi connectivity index (χ1v) is 9.68. The summed E-state index contributed by atoms with van der Waals surface area (Å²) < 4.78 is 11.1. The van der Waals surface area contributed by atoms with E-state index in [0.29, 0.717) is 17.2 Å². The van der Waals surface area contributed by atoms with Crippen molar-refractivity contribution in [3.8, 4) is 11.5 Å². The molecule has 4 nitrogen and oxygen atoms in total. The summed E-state index contributed by atoms with van der Waals surface area (Å²) in [7, 11) is 1.57. The maximum atomic E-state index is 12.5. The van der Waals surface area contributed by atoms with Crippen LogP contribution in [0.5, 0.6) is 11.5 Å². The molecule has 1 amide bonds. The van der Waals surface area contributed by atoms with E-state index in [1.165, 1.54) is 11.1 Å². The van der Waals surface area contributed by atoms with Crippen LogP contribution in [0.25, 0.3) is 0 Å². The molecule has 0 aliphatic carbocycles. The molecule has 0 spiro atoms. The number of anilines is 1. The van der Waals surface area contributed by atoms with Crippen LogP contribution in [0.15, 0.2) is 78.9 Å². The highest BCUT2D eigenvalue weighted by Crippen LogP contribution is 2.32. The monoisotopic (exact) mass is 389 g/mol. The number of benzene rings is 3. The molecule has 0 saturated heterocycles. The van der Waals surface area contributed by atoms with Gasteiger partial charge in [-0.05, 0) is 42.3 Å². The number of amides is 1. The van der Waals surface area contributed by atoms with Gasteiger partial charge in [0.25, 0.3) is 5.91 Å². The van der Waals surface area contributed by atoms with Gasteiger partial charge in [-0.1, -0.05) is 68.4 Å². The fourth-order valence-corrected chi connectivity index (χ4v) is 3.21. The predicted molar refractivity (Wildman–Crippen MR) is 117 cm³/mol. The van der Waals surface area contributed by atoms with E-state index < -0.39 is 6.10 Å². The van der Waals surface area contributed by atoms with Gasteiger partial charge >= 0.3 is 0 Å². The van der Waals surface area contributed by atoms with E-state index in [0.717, 1.165) is 0 Å². The van der Waals surface area contributed by atoms with Gasteiger partial charge in [-0.3, -0.25) is 4.79 Å². The third-order valence-electron chi connectivity index (χ3n) is 5.12. The van der Waals surface area contributed by atoms with Crippen molar-refractivity contribution in [2.24, 2.45) is 0 Å². The Morgan fingerprint density at radius 3 is 2.10 bits per heavy atom. The molecular formula is C25H27NO3. The van der Waals surface area contributed by atoms with Gasteiger partial charge in [0, 0.05) is 5.41 Å². The maximum Gasteiger partial charge on any atom is 0.265 e. The number of para-hydroxylation sites is 2. The lowest BCUT2D eigenvalue weighted by Crippen LogP contribution is -2.30. The first kappa shape index (κ1) is 20.5. The summed E-state index contributed by atoms with van der Waals surface area (Å²) in [4.78, 5) is 12.5. The molecule has 0 aromatic heterocycles. The lowest BCUT2D eigenvalue weighted by molar-refractivity contribution is -0.122. The Balaban J connectivity index is 1.67. The van der Waals surface area contributed by atoms with Crippen LogP contribution in [0.2, 0.25) is 0 Å². The Labute approximate surface area is 172 Å². The van der Waals surface area contributed by atoms with Crippen LogP contribution in [0.4, 0.5) is 5.69 Å². The molecular weight excluding hydrogens is 362 g/mol. The second-order valence-corrected chi connectivity index (χ2v) is 7.47. The second-order valence-electron chi connectivity index (χ2n) is 7.47. The first-order chi connectivity index (χ1) is 13.9. The summed E-state index contributed by atoms with van der Waals surface area (Å²) in [5.74, 6) is 1.03. The average Bonchev–Trinajstić information content (AvgIpc) is 2.75. The van der Waals surface area contributed by atoms with E-state index in [1.54, 1.807) is 26.2 Å². The summed E-state index contributed by atoms with van der Waals surface area (Å²) in [6.07, 6.45) is -0.645. The van der Waals surface area contributed by atoms with E-state index in [-0.39, 0.29) is 11.3 Å². The third kappa shape index (κ3) is 4.77. The van der Waals surface area contributed by atoms with E-state index >= 15 is 0 Å². The van der Waals surface area contributed by atoms with Gasteiger partial charge < -0.3 is 14.8 Å². The minimum atomic E-state index is -0.645. The number of rotatable bonds is 7. The minimum absolute atomic E-state index is 0.118. The molecule has 0 aliphatic heterocycles. The van der Waals surface area contributed by atoms with Crippen LogP contribution in [-0.2, 0) is 10.2 Å². The molecule has 0 fully saturated rings. The zero-order chi connectivity index (χ0) is 20.9. The standard InChI is InChI=1S/C25H27NO3/c1-18(24(27)26-22-12-8-9-13-23(22)28-4)29-21-16-14-20(15-17-21)25(2,3)19-10-6-5-7-11-19/h5-18H,1-4H3,(H,26,27). The van der Waals surface area contributed by atoms with Gasteiger partial charge in [-0.25, -0.2) is 0 Å². The fourth-order valence-electron chi connectivity index (χ4n) is 3.21. The Morgan fingerprint density at radius 2 is 1.45 bits per heavy atom. The molecule has 0 radical (unpaired) electrons. The zero-order valence-corrected chi connectivity index (χ0v) is 17.3. The number of methoxy groups -OCH3 is 1. The summed E-state index contributed by atoms with van der Waals surface area (Å²) >= 11 is 0. The summed E-state index contributed by atoms with van der Waals surface area (Å²) in [5, 5.41) is 2.85. The van der Waals surface area contributed by atoms with Crippen molar-refractivity contribution in [3.05, 3.63) is 90.0 Å². The molecule has 1 atom stereocenters. The molecule has 0 heterocycles. The average molecular weight is 389 g/mol. The van der Waals surface area contributed by atoms with Gasteiger partial charge in [0.1, 0.15) is 11.5 Å². The number of nitrogens with one attached hydrogen (secondary N) is 1.